The second kappa shape index (κ2) is 10.1. The van der Waals surface area contributed by atoms with Gasteiger partial charge in [0.05, 0.1) is 18.8 Å². The van der Waals surface area contributed by atoms with E-state index >= 15 is 0 Å². The van der Waals surface area contributed by atoms with Crippen LogP contribution in [0.4, 0.5) is 0 Å². The summed E-state index contributed by atoms with van der Waals surface area (Å²) >= 11 is 0. The van der Waals surface area contributed by atoms with Crippen LogP contribution in [-0.2, 0) is 13.1 Å². The lowest BCUT2D eigenvalue weighted by Crippen LogP contribution is -2.07. The van der Waals surface area contributed by atoms with Crippen molar-refractivity contribution in [3.05, 3.63) is 102 Å². The van der Waals surface area contributed by atoms with Crippen molar-refractivity contribution in [1.82, 2.24) is 34.5 Å². The molecule has 0 saturated heterocycles. The molecule has 10 heteroatoms. The summed E-state index contributed by atoms with van der Waals surface area (Å²) in [5, 5.41) is 30.5. The fourth-order valence-corrected chi connectivity index (χ4v) is 3.61. The third kappa shape index (κ3) is 5.04. The standard InChI is InChI=1S/C26H20N8O2/c1-18(35)26-28-10-11-33(26)16-23-12-24(36-32-23)21-7-4-19(5-8-21)2-3-20-6-9-22(29-14-20)15-34-17-30-31-25(34)13-27/h4-12,14,17-18,35H,15-16H2,1H3/t18-/m0/s1. The highest BCUT2D eigenvalue weighted by molar-refractivity contribution is 5.59. The molecule has 0 aliphatic rings. The first-order valence-corrected chi connectivity index (χ1v) is 11.1. The molecule has 0 amide bonds. The maximum atomic E-state index is 9.82. The van der Waals surface area contributed by atoms with Gasteiger partial charge in [-0.15, -0.1) is 10.2 Å². The Balaban J connectivity index is 1.23. The normalized spacial score (nSPS) is 11.5. The maximum absolute atomic E-state index is 9.82. The van der Waals surface area contributed by atoms with E-state index in [2.05, 4.69) is 37.2 Å². The van der Waals surface area contributed by atoms with Gasteiger partial charge in [-0.3, -0.25) is 9.55 Å². The van der Waals surface area contributed by atoms with Crippen LogP contribution in [0.3, 0.4) is 0 Å². The summed E-state index contributed by atoms with van der Waals surface area (Å²) in [7, 11) is 0. The molecule has 5 rings (SSSR count). The minimum Gasteiger partial charge on any atom is -0.385 e. The van der Waals surface area contributed by atoms with Gasteiger partial charge in [0, 0.05) is 41.3 Å². The van der Waals surface area contributed by atoms with E-state index in [1.807, 2.05) is 53.1 Å². The number of benzene rings is 1. The van der Waals surface area contributed by atoms with Gasteiger partial charge in [-0.1, -0.05) is 17.0 Å². The van der Waals surface area contributed by atoms with Crippen LogP contribution in [0.2, 0.25) is 0 Å². The van der Waals surface area contributed by atoms with Gasteiger partial charge in [0.25, 0.3) is 0 Å². The molecule has 176 valence electrons. The predicted octanol–water partition coefficient (Wildman–Crippen LogP) is 2.95. The second-order valence-electron chi connectivity index (χ2n) is 8.03. The lowest BCUT2D eigenvalue weighted by Gasteiger charge is -2.07. The zero-order valence-corrected chi connectivity index (χ0v) is 19.3. The molecular formula is C26H20N8O2. The molecular weight excluding hydrogens is 456 g/mol. The average Bonchev–Trinajstić information content (AvgIpc) is 3.65. The number of nitriles is 1. The van der Waals surface area contributed by atoms with E-state index in [1.54, 1.807) is 30.1 Å². The zero-order chi connectivity index (χ0) is 24.9. The SMILES string of the molecule is C[C@H](O)c1nccn1Cc1cc(-c2ccc(C#Cc3ccc(Cn4cnnc4C#N)nc3)cc2)on1. The maximum Gasteiger partial charge on any atom is 0.235 e. The first kappa shape index (κ1) is 22.7. The zero-order valence-electron chi connectivity index (χ0n) is 19.3. The Morgan fingerprint density at radius 2 is 1.78 bits per heavy atom. The van der Waals surface area contributed by atoms with Crippen molar-refractivity contribution in [2.24, 2.45) is 0 Å². The van der Waals surface area contributed by atoms with Gasteiger partial charge in [-0.2, -0.15) is 5.26 Å². The van der Waals surface area contributed by atoms with Crippen molar-refractivity contribution in [2.75, 3.05) is 0 Å². The summed E-state index contributed by atoms with van der Waals surface area (Å²) in [6, 6.07) is 15.3. The number of rotatable bonds is 6. The van der Waals surface area contributed by atoms with E-state index in [4.69, 9.17) is 9.78 Å². The van der Waals surface area contributed by atoms with Crippen LogP contribution in [0, 0.1) is 23.2 Å². The molecule has 1 aromatic carbocycles. The van der Waals surface area contributed by atoms with Crippen molar-refractivity contribution in [2.45, 2.75) is 26.1 Å². The lowest BCUT2D eigenvalue weighted by atomic mass is 10.1. The Labute approximate surface area is 206 Å². The highest BCUT2D eigenvalue weighted by Crippen LogP contribution is 2.22. The number of hydrogen-bond acceptors (Lipinski definition) is 8. The molecule has 5 aromatic rings. The van der Waals surface area contributed by atoms with E-state index in [9.17, 15) is 5.11 Å². The molecule has 0 fully saturated rings. The lowest BCUT2D eigenvalue weighted by molar-refractivity contribution is 0.184. The quantitative estimate of drug-likeness (QED) is 0.370. The molecule has 0 spiro atoms. The highest BCUT2D eigenvalue weighted by Gasteiger charge is 2.12. The van der Waals surface area contributed by atoms with Crippen molar-refractivity contribution in [3.8, 4) is 29.2 Å². The van der Waals surface area contributed by atoms with E-state index < -0.39 is 6.10 Å². The molecule has 0 saturated carbocycles. The molecule has 0 radical (unpaired) electrons. The number of nitrogens with zero attached hydrogens (tertiary/aromatic N) is 8. The fraction of sp³-hybridized carbons (Fsp3) is 0.154. The van der Waals surface area contributed by atoms with Gasteiger partial charge in [0.2, 0.25) is 5.82 Å². The Kier molecular flexibility index (Phi) is 6.34. The van der Waals surface area contributed by atoms with Crippen LogP contribution in [0.5, 0.6) is 0 Å². The Hall–Kier alpha value is -5.06. The van der Waals surface area contributed by atoms with Gasteiger partial charge in [0.15, 0.2) is 5.76 Å². The Bertz CT molecular complexity index is 1580. The molecule has 4 aromatic heterocycles. The largest absolute Gasteiger partial charge is 0.385 e. The number of hydrogen-bond donors (Lipinski definition) is 1. The average molecular weight is 477 g/mol. The van der Waals surface area contributed by atoms with Gasteiger partial charge in [-0.25, -0.2) is 4.98 Å². The third-order valence-corrected chi connectivity index (χ3v) is 5.41. The summed E-state index contributed by atoms with van der Waals surface area (Å²) in [5.74, 6) is 7.72. The topological polar surface area (TPSA) is 131 Å². The van der Waals surface area contributed by atoms with E-state index in [0.29, 0.717) is 24.7 Å². The van der Waals surface area contributed by atoms with E-state index in [-0.39, 0.29) is 5.82 Å². The summed E-state index contributed by atoms with van der Waals surface area (Å²) in [6.07, 6.45) is 6.00. The van der Waals surface area contributed by atoms with Gasteiger partial charge >= 0.3 is 0 Å². The van der Waals surface area contributed by atoms with Gasteiger partial charge in [0.1, 0.15) is 30.0 Å². The molecule has 36 heavy (non-hydrogen) atoms. The first-order valence-electron chi connectivity index (χ1n) is 11.1. The van der Waals surface area contributed by atoms with Crippen molar-refractivity contribution in [3.63, 3.8) is 0 Å². The summed E-state index contributed by atoms with van der Waals surface area (Å²) in [4.78, 5) is 8.58. The Morgan fingerprint density at radius 1 is 1.00 bits per heavy atom. The monoisotopic (exact) mass is 476 g/mol. The predicted molar refractivity (Wildman–Crippen MR) is 128 cm³/mol. The van der Waals surface area contributed by atoms with Crippen LogP contribution in [-0.4, -0.2) is 39.6 Å². The van der Waals surface area contributed by atoms with Crippen LogP contribution in [0.1, 0.15) is 47.2 Å². The second-order valence-corrected chi connectivity index (χ2v) is 8.03. The fourth-order valence-electron chi connectivity index (χ4n) is 3.61. The molecule has 0 aliphatic carbocycles. The van der Waals surface area contributed by atoms with Crippen LogP contribution < -0.4 is 0 Å². The number of pyridine rings is 1. The summed E-state index contributed by atoms with van der Waals surface area (Å²) in [6.45, 7) is 2.55. The smallest absolute Gasteiger partial charge is 0.235 e. The minimum atomic E-state index is -0.661. The Morgan fingerprint density at radius 3 is 2.53 bits per heavy atom. The number of aliphatic hydroxyl groups excluding tert-OH is 1. The molecule has 10 nitrogen and oxygen atoms in total. The highest BCUT2D eigenvalue weighted by atomic mass is 16.5. The molecule has 1 atom stereocenters. The molecule has 0 aliphatic heterocycles. The van der Waals surface area contributed by atoms with Crippen molar-refractivity contribution < 1.29 is 9.63 Å². The van der Waals surface area contributed by atoms with E-state index in [1.165, 1.54) is 6.33 Å². The summed E-state index contributed by atoms with van der Waals surface area (Å²) < 4.78 is 8.99. The number of imidazole rings is 1. The van der Waals surface area contributed by atoms with Crippen LogP contribution >= 0.6 is 0 Å². The molecule has 0 bridgehead atoms. The number of aliphatic hydroxyl groups is 1. The number of aromatic nitrogens is 7. The third-order valence-electron chi connectivity index (χ3n) is 5.41. The molecule has 1 N–H and O–H groups in total. The van der Waals surface area contributed by atoms with Crippen LogP contribution in [0.15, 0.2) is 71.9 Å². The van der Waals surface area contributed by atoms with Gasteiger partial charge < -0.3 is 14.2 Å². The molecule has 0 unspecified atom stereocenters. The van der Waals surface area contributed by atoms with E-state index in [0.717, 1.165) is 28.1 Å². The van der Waals surface area contributed by atoms with Crippen LogP contribution in [0.25, 0.3) is 11.3 Å². The summed E-state index contributed by atoms with van der Waals surface area (Å²) in [5.41, 5.74) is 4.03. The van der Waals surface area contributed by atoms with Crippen molar-refractivity contribution >= 4 is 0 Å². The minimum absolute atomic E-state index is 0.245. The van der Waals surface area contributed by atoms with Gasteiger partial charge in [-0.05, 0) is 43.3 Å². The first-order chi connectivity index (χ1) is 17.6. The molecule has 4 heterocycles. The van der Waals surface area contributed by atoms with Crippen molar-refractivity contribution in [1.29, 1.82) is 5.26 Å².